The number of rotatable bonds is 5. The quantitative estimate of drug-likeness (QED) is 0.853. The number of ether oxygens (including phenoxy) is 1. The van der Waals surface area contributed by atoms with Crippen molar-refractivity contribution in [3.8, 4) is 5.75 Å². The van der Waals surface area contributed by atoms with E-state index in [0.29, 0.717) is 43.6 Å². The lowest BCUT2D eigenvalue weighted by Gasteiger charge is -2.27. The van der Waals surface area contributed by atoms with Crippen molar-refractivity contribution in [2.75, 3.05) is 39.8 Å². The molecule has 2 saturated heterocycles. The number of nitrogens with zero attached hydrogens (tertiary/aromatic N) is 3. The summed E-state index contributed by atoms with van der Waals surface area (Å²) in [4.78, 5) is 21.5. The first-order chi connectivity index (χ1) is 13.6. The highest BCUT2D eigenvalue weighted by atomic mass is 19.1. The fourth-order valence-corrected chi connectivity index (χ4v) is 4.60. The first-order valence-electron chi connectivity index (χ1n) is 9.61. The van der Waals surface area contributed by atoms with Crippen molar-refractivity contribution in [3.63, 3.8) is 0 Å². The second kappa shape index (κ2) is 7.85. The van der Waals surface area contributed by atoms with Crippen LogP contribution in [-0.2, 0) is 0 Å². The Kier molecular flexibility index (Phi) is 5.28. The molecule has 2 fully saturated rings. The monoisotopic (exact) mass is 384 g/mol. The smallest absolute Gasteiger partial charge is 0.276 e. The number of likely N-dealkylation sites (tertiary alicyclic amines) is 2. The van der Waals surface area contributed by atoms with Gasteiger partial charge in [-0.2, -0.15) is 0 Å². The number of hydrogen-bond acceptors (Lipinski definition) is 5. The molecule has 0 bridgehead atoms. The van der Waals surface area contributed by atoms with Gasteiger partial charge in [-0.05, 0) is 42.8 Å². The zero-order valence-electron chi connectivity index (χ0n) is 15.9. The van der Waals surface area contributed by atoms with Crippen molar-refractivity contribution in [2.45, 2.75) is 6.04 Å². The van der Waals surface area contributed by atoms with Crippen molar-refractivity contribution in [2.24, 2.45) is 17.6 Å². The minimum atomic E-state index is -0.226. The Bertz CT molecular complexity index is 862. The van der Waals surface area contributed by atoms with Gasteiger partial charge in [-0.15, -0.1) is 0 Å². The molecule has 0 unspecified atom stereocenters. The highest BCUT2D eigenvalue weighted by Gasteiger charge is 2.47. The van der Waals surface area contributed by atoms with E-state index in [4.69, 9.17) is 10.5 Å². The second-order valence-corrected chi connectivity index (χ2v) is 7.56. The largest absolute Gasteiger partial charge is 0.490 e. The van der Waals surface area contributed by atoms with Crippen LogP contribution in [-0.4, -0.2) is 60.5 Å². The van der Waals surface area contributed by atoms with Gasteiger partial charge in [0, 0.05) is 44.3 Å². The zero-order valence-corrected chi connectivity index (χ0v) is 15.9. The summed E-state index contributed by atoms with van der Waals surface area (Å²) in [5, 5.41) is 0. The average Bonchev–Trinajstić information content (AvgIpc) is 3.22. The van der Waals surface area contributed by atoms with Crippen molar-refractivity contribution in [1.82, 2.24) is 14.8 Å². The summed E-state index contributed by atoms with van der Waals surface area (Å²) in [6.07, 6.45) is 1.60. The third-order valence-corrected chi connectivity index (χ3v) is 5.72. The lowest BCUT2D eigenvalue weighted by Crippen LogP contribution is -2.34. The van der Waals surface area contributed by atoms with Gasteiger partial charge in [-0.1, -0.05) is 12.1 Å². The van der Waals surface area contributed by atoms with Crippen LogP contribution < -0.4 is 10.5 Å². The molecule has 4 rings (SSSR count). The molecule has 3 atom stereocenters. The molecule has 148 valence electrons. The van der Waals surface area contributed by atoms with Gasteiger partial charge in [0.25, 0.3) is 5.91 Å². The SMILES string of the molecule is CN1C[C@H]2CN(C(=O)c3ncccc3OCCN)C[C@H]2[C@@H]1c1cccc(F)c1. The summed E-state index contributed by atoms with van der Waals surface area (Å²) >= 11 is 0. The normalized spacial score (nSPS) is 24.4. The van der Waals surface area contributed by atoms with E-state index < -0.39 is 0 Å². The van der Waals surface area contributed by atoms with Crippen LogP contribution in [0.2, 0.25) is 0 Å². The van der Waals surface area contributed by atoms with Gasteiger partial charge < -0.3 is 15.4 Å². The minimum absolute atomic E-state index is 0.107. The van der Waals surface area contributed by atoms with E-state index in [1.165, 1.54) is 6.07 Å². The molecule has 0 aliphatic carbocycles. The standard InChI is InChI=1S/C21H25FN4O2/c1-25-11-15-12-26(13-17(15)20(25)14-4-2-5-16(22)10-14)21(27)19-18(28-9-7-23)6-3-8-24-19/h2-6,8,10,15,17,20H,7,9,11-13,23H2,1H3/t15-,17+,20-/m0/s1. The molecular weight excluding hydrogens is 359 g/mol. The van der Waals surface area contributed by atoms with E-state index in [2.05, 4.69) is 16.9 Å². The third kappa shape index (κ3) is 3.47. The van der Waals surface area contributed by atoms with Crippen molar-refractivity contribution >= 4 is 5.91 Å². The molecule has 0 saturated carbocycles. The summed E-state index contributed by atoms with van der Waals surface area (Å²) < 4.78 is 19.3. The van der Waals surface area contributed by atoms with Gasteiger partial charge in [0.2, 0.25) is 0 Å². The Morgan fingerprint density at radius 3 is 2.93 bits per heavy atom. The van der Waals surface area contributed by atoms with Crippen LogP contribution in [0, 0.1) is 17.7 Å². The summed E-state index contributed by atoms with van der Waals surface area (Å²) in [5.41, 5.74) is 6.80. The number of halogens is 1. The molecule has 1 aromatic heterocycles. The Hall–Kier alpha value is -2.51. The fraction of sp³-hybridized carbons (Fsp3) is 0.429. The van der Waals surface area contributed by atoms with Gasteiger partial charge in [0.15, 0.2) is 11.4 Å². The van der Waals surface area contributed by atoms with E-state index in [1.807, 2.05) is 11.0 Å². The maximum Gasteiger partial charge on any atom is 0.276 e. The molecule has 0 radical (unpaired) electrons. The number of hydrogen-bond donors (Lipinski definition) is 1. The maximum absolute atomic E-state index is 13.7. The zero-order chi connectivity index (χ0) is 19.7. The summed E-state index contributed by atoms with van der Waals surface area (Å²) in [5.74, 6) is 0.749. The van der Waals surface area contributed by atoms with Crippen LogP contribution >= 0.6 is 0 Å². The second-order valence-electron chi connectivity index (χ2n) is 7.56. The van der Waals surface area contributed by atoms with Crippen molar-refractivity contribution in [3.05, 3.63) is 59.7 Å². The van der Waals surface area contributed by atoms with Crippen LogP contribution in [0.25, 0.3) is 0 Å². The minimum Gasteiger partial charge on any atom is -0.490 e. The third-order valence-electron chi connectivity index (χ3n) is 5.72. The lowest BCUT2D eigenvalue weighted by atomic mass is 9.89. The van der Waals surface area contributed by atoms with Gasteiger partial charge >= 0.3 is 0 Å². The summed E-state index contributed by atoms with van der Waals surface area (Å²) in [6, 6.07) is 10.4. The van der Waals surface area contributed by atoms with Crippen LogP contribution in [0.15, 0.2) is 42.6 Å². The number of benzene rings is 1. The number of fused-ring (bicyclic) bond motifs is 1. The van der Waals surface area contributed by atoms with E-state index in [-0.39, 0.29) is 23.7 Å². The number of nitrogens with two attached hydrogens (primary N) is 1. The Labute approximate surface area is 164 Å². The first kappa shape index (κ1) is 18.8. The molecule has 3 heterocycles. The molecule has 0 spiro atoms. The fourth-order valence-electron chi connectivity index (χ4n) is 4.60. The molecular formula is C21H25FN4O2. The molecule has 7 heteroatoms. The van der Waals surface area contributed by atoms with Crippen molar-refractivity contribution in [1.29, 1.82) is 0 Å². The number of carbonyl (C=O) groups is 1. The summed E-state index contributed by atoms with van der Waals surface area (Å²) in [6.45, 7) is 2.89. The Morgan fingerprint density at radius 1 is 1.29 bits per heavy atom. The maximum atomic E-state index is 13.7. The van der Waals surface area contributed by atoms with Gasteiger partial charge in [-0.25, -0.2) is 9.37 Å². The lowest BCUT2D eigenvalue weighted by molar-refractivity contribution is 0.0757. The molecule has 6 nitrogen and oxygen atoms in total. The number of aromatic nitrogens is 1. The Balaban J connectivity index is 1.54. The first-order valence-corrected chi connectivity index (χ1v) is 9.61. The Morgan fingerprint density at radius 2 is 2.14 bits per heavy atom. The molecule has 2 N–H and O–H groups in total. The molecule has 2 aliphatic rings. The topological polar surface area (TPSA) is 71.7 Å². The number of carbonyl (C=O) groups excluding carboxylic acids is 1. The molecule has 2 aliphatic heterocycles. The van der Waals surface area contributed by atoms with E-state index >= 15 is 0 Å². The van der Waals surface area contributed by atoms with Crippen molar-refractivity contribution < 1.29 is 13.9 Å². The highest BCUT2D eigenvalue weighted by molar-refractivity contribution is 5.95. The van der Waals surface area contributed by atoms with Crippen LogP contribution in [0.1, 0.15) is 22.1 Å². The predicted octanol–water partition coefficient (Wildman–Crippen LogP) is 1.93. The number of amides is 1. The van der Waals surface area contributed by atoms with Gasteiger partial charge in [0.05, 0.1) is 0 Å². The summed E-state index contributed by atoms with van der Waals surface area (Å²) in [7, 11) is 2.07. The molecule has 1 amide bonds. The molecule has 1 aromatic carbocycles. The van der Waals surface area contributed by atoms with E-state index in [0.717, 1.165) is 12.1 Å². The van der Waals surface area contributed by atoms with Crippen LogP contribution in [0.3, 0.4) is 0 Å². The van der Waals surface area contributed by atoms with E-state index in [1.54, 1.807) is 30.5 Å². The van der Waals surface area contributed by atoms with Gasteiger partial charge in [0.1, 0.15) is 12.4 Å². The highest BCUT2D eigenvalue weighted by Crippen LogP contribution is 2.44. The van der Waals surface area contributed by atoms with Gasteiger partial charge in [-0.3, -0.25) is 9.69 Å². The predicted molar refractivity (Wildman–Crippen MR) is 103 cm³/mol. The average molecular weight is 384 g/mol. The number of pyridine rings is 1. The molecule has 28 heavy (non-hydrogen) atoms. The molecule has 2 aromatic rings. The van der Waals surface area contributed by atoms with Crippen LogP contribution in [0.4, 0.5) is 4.39 Å². The van der Waals surface area contributed by atoms with E-state index in [9.17, 15) is 9.18 Å². The van der Waals surface area contributed by atoms with Crippen LogP contribution in [0.5, 0.6) is 5.75 Å².